The van der Waals surface area contributed by atoms with E-state index in [4.69, 9.17) is 0 Å². The third-order valence-electron chi connectivity index (χ3n) is 3.20. The number of rotatable bonds is 1. The van der Waals surface area contributed by atoms with E-state index in [-0.39, 0.29) is 36.0 Å². The van der Waals surface area contributed by atoms with Gasteiger partial charge in [0.2, 0.25) is 5.91 Å². The van der Waals surface area contributed by atoms with E-state index in [9.17, 15) is 23.1 Å². The molecule has 8 heteroatoms. The van der Waals surface area contributed by atoms with Crippen molar-refractivity contribution < 1.29 is 52.7 Å². The Kier molecular flexibility index (Phi) is 3.22. The van der Waals surface area contributed by atoms with Gasteiger partial charge in [-0.2, -0.15) is 0 Å². The fourth-order valence-corrected chi connectivity index (χ4v) is 4.33. The first kappa shape index (κ1) is 14.0. The van der Waals surface area contributed by atoms with Crippen molar-refractivity contribution in [2.45, 2.75) is 36.4 Å². The topological polar surface area (TPSA) is 94.6 Å². The molecule has 2 saturated heterocycles. The van der Waals surface area contributed by atoms with Crippen LogP contribution in [-0.2, 0) is 19.4 Å². The molecule has 0 aromatic rings. The van der Waals surface area contributed by atoms with Crippen LogP contribution in [0.4, 0.5) is 0 Å². The van der Waals surface area contributed by atoms with Crippen molar-refractivity contribution in [1.82, 2.24) is 4.90 Å². The Morgan fingerprint density at radius 2 is 2.00 bits per heavy atom. The van der Waals surface area contributed by atoms with Crippen LogP contribution in [0.15, 0.2) is 0 Å². The molecular formula is C8H10NNaO5S. The zero-order chi connectivity index (χ0) is 11.6. The van der Waals surface area contributed by atoms with Gasteiger partial charge < -0.3 is 14.8 Å². The van der Waals surface area contributed by atoms with Crippen LogP contribution in [0.1, 0.15) is 20.3 Å². The maximum atomic E-state index is 11.9. The van der Waals surface area contributed by atoms with Crippen LogP contribution in [0.5, 0.6) is 0 Å². The predicted molar refractivity (Wildman–Crippen MR) is 47.0 cm³/mol. The Hall–Kier alpha value is -0.110. The minimum atomic E-state index is -3.61. The molecule has 0 spiro atoms. The van der Waals surface area contributed by atoms with Crippen LogP contribution in [0.25, 0.3) is 0 Å². The number of hydrogen-bond acceptors (Lipinski definition) is 5. The largest absolute Gasteiger partial charge is 1.00 e. The van der Waals surface area contributed by atoms with Gasteiger partial charge in [-0.1, -0.05) is 0 Å². The van der Waals surface area contributed by atoms with Crippen molar-refractivity contribution in [3.63, 3.8) is 0 Å². The minimum absolute atomic E-state index is 0. The molecule has 1 amide bonds. The van der Waals surface area contributed by atoms with Crippen molar-refractivity contribution in [3.05, 3.63) is 0 Å². The molecule has 0 saturated carbocycles. The van der Waals surface area contributed by atoms with Crippen LogP contribution in [0.3, 0.4) is 0 Å². The second kappa shape index (κ2) is 3.69. The Morgan fingerprint density at radius 3 is 2.31 bits per heavy atom. The van der Waals surface area contributed by atoms with E-state index in [1.807, 2.05) is 0 Å². The van der Waals surface area contributed by atoms with Gasteiger partial charge in [-0.3, -0.25) is 4.79 Å². The second-order valence-electron chi connectivity index (χ2n) is 4.33. The van der Waals surface area contributed by atoms with Gasteiger partial charge in [-0.25, -0.2) is 8.42 Å². The molecule has 0 N–H and O–H groups in total. The molecule has 2 fully saturated rings. The van der Waals surface area contributed by atoms with Gasteiger partial charge in [0.05, 0.1) is 23.2 Å². The third-order valence-corrected chi connectivity index (χ3v) is 6.00. The summed E-state index contributed by atoms with van der Waals surface area (Å²) in [6.07, 6.45) is -0.116. The van der Waals surface area contributed by atoms with Gasteiger partial charge in [-0.05, 0) is 13.8 Å². The Bertz CT molecular complexity index is 457. The summed E-state index contributed by atoms with van der Waals surface area (Å²) in [6.45, 7) is 2.63. The number of amides is 1. The quantitative estimate of drug-likeness (QED) is 0.345. The van der Waals surface area contributed by atoms with Crippen LogP contribution in [0.2, 0.25) is 0 Å². The second-order valence-corrected chi connectivity index (χ2v) is 7.02. The number of carbonyl (C=O) groups excluding carboxylic acids is 2. The first-order valence-electron chi connectivity index (χ1n) is 4.46. The SMILES string of the molecule is CC1(C)[C@@H](C(=O)[O-])N2C(=O)C[C@@H]2S1(=O)=O.[Na+]. The van der Waals surface area contributed by atoms with Gasteiger partial charge >= 0.3 is 29.6 Å². The Labute approximate surface area is 115 Å². The average Bonchev–Trinajstić information content (AvgIpc) is 2.19. The van der Waals surface area contributed by atoms with E-state index < -0.39 is 37.9 Å². The maximum absolute atomic E-state index is 11.9. The van der Waals surface area contributed by atoms with E-state index in [1.165, 1.54) is 13.8 Å². The number of β-lactam (4-membered cyclic amide) rings is 1. The number of carboxylic acids is 1. The molecule has 0 aliphatic carbocycles. The van der Waals surface area contributed by atoms with Gasteiger partial charge in [0, 0.05) is 0 Å². The summed E-state index contributed by atoms with van der Waals surface area (Å²) in [5.41, 5.74) is 0. The summed E-state index contributed by atoms with van der Waals surface area (Å²) in [5, 5.41) is 9.90. The Morgan fingerprint density at radius 1 is 1.50 bits per heavy atom. The summed E-state index contributed by atoms with van der Waals surface area (Å²) in [4.78, 5) is 23.0. The number of carbonyl (C=O) groups is 2. The first-order valence-corrected chi connectivity index (χ1v) is 6.01. The summed E-state index contributed by atoms with van der Waals surface area (Å²) in [5.74, 6) is -1.96. The Balaban J connectivity index is 0.00000128. The van der Waals surface area contributed by atoms with Crippen LogP contribution >= 0.6 is 0 Å². The minimum Gasteiger partial charge on any atom is -0.548 e. The molecule has 2 rings (SSSR count). The number of nitrogens with zero attached hydrogens (tertiary/aromatic N) is 1. The van der Waals surface area contributed by atoms with Crippen LogP contribution < -0.4 is 34.7 Å². The predicted octanol–water partition coefficient (Wildman–Crippen LogP) is -5.13. The molecule has 2 atom stereocenters. The fraction of sp³-hybridized carbons (Fsp3) is 0.750. The van der Waals surface area contributed by atoms with Crippen LogP contribution in [-0.4, -0.2) is 41.4 Å². The number of aliphatic carboxylic acids is 1. The molecular weight excluding hydrogens is 245 g/mol. The zero-order valence-electron chi connectivity index (χ0n) is 9.26. The molecule has 16 heavy (non-hydrogen) atoms. The molecule has 0 aromatic carbocycles. The van der Waals surface area contributed by atoms with Crippen molar-refractivity contribution >= 4 is 21.7 Å². The standard InChI is InChI=1S/C8H11NO5S.Na/c1-8(2)6(7(11)12)9-4(10)3-5(9)15(8,13)14;/h5-6H,3H2,1-2H3,(H,11,12);/q;+1/p-1/t5-,6+;/m0./s1. The molecule has 2 heterocycles. The number of hydrogen-bond donors (Lipinski definition) is 0. The summed E-state index contributed by atoms with van der Waals surface area (Å²) in [6, 6.07) is -1.37. The number of carboxylic acid groups (broad SMARTS) is 1. The monoisotopic (exact) mass is 255 g/mol. The molecule has 0 radical (unpaired) electrons. The van der Waals surface area contributed by atoms with Crippen LogP contribution in [0, 0.1) is 0 Å². The fourth-order valence-electron chi connectivity index (χ4n) is 2.21. The van der Waals surface area contributed by atoms with E-state index in [0.717, 1.165) is 4.90 Å². The van der Waals surface area contributed by atoms with E-state index >= 15 is 0 Å². The van der Waals surface area contributed by atoms with Crippen molar-refractivity contribution in [2.75, 3.05) is 0 Å². The van der Waals surface area contributed by atoms with Gasteiger partial charge in [0.25, 0.3) is 0 Å². The van der Waals surface area contributed by atoms with Gasteiger partial charge in [0.15, 0.2) is 9.84 Å². The van der Waals surface area contributed by atoms with E-state index in [2.05, 4.69) is 0 Å². The van der Waals surface area contributed by atoms with Crippen molar-refractivity contribution in [1.29, 1.82) is 0 Å². The first-order chi connectivity index (χ1) is 6.71. The molecule has 84 valence electrons. The van der Waals surface area contributed by atoms with Crippen molar-refractivity contribution in [2.24, 2.45) is 0 Å². The number of sulfone groups is 1. The number of fused-ring (bicyclic) bond motifs is 1. The third kappa shape index (κ3) is 1.38. The maximum Gasteiger partial charge on any atom is 1.00 e. The van der Waals surface area contributed by atoms with Crippen molar-refractivity contribution in [3.8, 4) is 0 Å². The average molecular weight is 255 g/mol. The molecule has 0 aromatic heterocycles. The molecule has 0 unspecified atom stereocenters. The normalized spacial score (nSPS) is 33.6. The zero-order valence-corrected chi connectivity index (χ0v) is 12.1. The van der Waals surface area contributed by atoms with Gasteiger partial charge in [0.1, 0.15) is 5.37 Å². The molecule has 0 bridgehead atoms. The van der Waals surface area contributed by atoms with Gasteiger partial charge in [-0.15, -0.1) is 0 Å². The smallest absolute Gasteiger partial charge is 0.548 e. The molecule has 2 aliphatic rings. The summed E-state index contributed by atoms with van der Waals surface area (Å²) in [7, 11) is -3.61. The molecule has 2 aliphatic heterocycles. The van der Waals surface area contributed by atoms with E-state index in [1.54, 1.807) is 0 Å². The van der Waals surface area contributed by atoms with E-state index in [0.29, 0.717) is 0 Å². The summed E-state index contributed by atoms with van der Waals surface area (Å²) < 4.78 is 22.2. The summed E-state index contributed by atoms with van der Waals surface area (Å²) >= 11 is 0. The molecule has 6 nitrogen and oxygen atoms in total.